The zero-order valence-electron chi connectivity index (χ0n) is 9.06. The Morgan fingerprint density at radius 2 is 1.93 bits per heavy atom. The van der Waals surface area contributed by atoms with Gasteiger partial charge < -0.3 is 20.3 Å². The molecule has 4 nitrogen and oxygen atoms in total. The summed E-state index contributed by atoms with van der Waals surface area (Å²) in [7, 11) is 3.17. The first-order chi connectivity index (χ1) is 7.22. The van der Waals surface area contributed by atoms with Gasteiger partial charge in [0.2, 0.25) is 0 Å². The number of aliphatic hydroxyl groups is 1. The minimum atomic E-state index is -0.171. The lowest BCUT2D eigenvalue weighted by atomic mass is 10.0. The number of hydrogen-bond acceptors (Lipinski definition) is 4. The molecule has 0 fully saturated rings. The Hall–Kier alpha value is -1.26. The van der Waals surface area contributed by atoms with E-state index < -0.39 is 0 Å². The first-order valence-corrected chi connectivity index (χ1v) is 4.81. The summed E-state index contributed by atoms with van der Waals surface area (Å²) in [5.41, 5.74) is 6.80. The lowest BCUT2D eigenvalue weighted by molar-refractivity contribution is 0.276. The quantitative estimate of drug-likeness (QED) is 0.765. The van der Waals surface area contributed by atoms with Crippen molar-refractivity contribution >= 4 is 0 Å². The molecule has 3 N–H and O–H groups in total. The fourth-order valence-corrected chi connectivity index (χ4v) is 1.39. The maximum Gasteiger partial charge on any atom is 0.161 e. The Kier molecular flexibility index (Phi) is 4.39. The van der Waals surface area contributed by atoms with Crippen molar-refractivity contribution < 1.29 is 14.6 Å². The topological polar surface area (TPSA) is 64.7 Å². The van der Waals surface area contributed by atoms with E-state index in [1.54, 1.807) is 14.2 Å². The van der Waals surface area contributed by atoms with Crippen molar-refractivity contribution in [3.8, 4) is 11.5 Å². The maximum absolute atomic E-state index is 8.79. The molecule has 0 radical (unpaired) electrons. The molecule has 84 valence electrons. The van der Waals surface area contributed by atoms with Crippen LogP contribution in [0.5, 0.6) is 11.5 Å². The van der Waals surface area contributed by atoms with Crippen LogP contribution in [0, 0.1) is 0 Å². The van der Waals surface area contributed by atoms with Crippen molar-refractivity contribution in [2.45, 2.75) is 12.5 Å². The normalized spacial score (nSPS) is 12.3. The monoisotopic (exact) mass is 211 g/mol. The molecular weight excluding hydrogens is 194 g/mol. The number of hydrogen-bond donors (Lipinski definition) is 2. The van der Waals surface area contributed by atoms with E-state index in [0.29, 0.717) is 17.9 Å². The third-order valence-electron chi connectivity index (χ3n) is 2.28. The Labute approximate surface area is 89.6 Å². The highest BCUT2D eigenvalue weighted by atomic mass is 16.5. The maximum atomic E-state index is 8.79. The second-order valence-corrected chi connectivity index (χ2v) is 3.23. The second kappa shape index (κ2) is 5.58. The molecule has 1 atom stereocenters. The van der Waals surface area contributed by atoms with Gasteiger partial charge in [-0.25, -0.2) is 0 Å². The molecule has 1 aromatic rings. The summed E-state index contributed by atoms with van der Waals surface area (Å²) in [5, 5.41) is 8.79. The van der Waals surface area contributed by atoms with Crippen LogP contribution >= 0.6 is 0 Å². The first-order valence-electron chi connectivity index (χ1n) is 4.81. The van der Waals surface area contributed by atoms with Crippen molar-refractivity contribution in [1.29, 1.82) is 0 Å². The zero-order chi connectivity index (χ0) is 11.3. The van der Waals surface area contributed by atoms with E-state index in [-0.39, 0.29) is 12.6 Å². The Morgan fingerprint density at radius 3 is 2.47 bits per heavy atom. The van der Waals surface area contributed by atoms with Gasteiger partial charge in [-0.1, -0.05) is 6.07 Å². The number of benzene rings is 1. The largest absolute Gasteiger partial charge is 0.493 e. The molecule has 0 spiro atoms. The zero-order valence-corrected chi connectivity index (χ0v) is 9.06. The van der Waals surface area contributed by atoms with E-state index in [1.165, 1.54) is 0 Å². The van der Waals surface area contributed by atoms with Crippen LogP contribution in [-0.2, 0) is 0 Å². The van der Waals surface area contributed by atoms with Crippen LogP contribution in [0.15, 0.2) is 18.2 Å². The highest BCUT2D eigenvalue weighted by Crippen LogP contribution is 2.29. The van der Waals surface area contributed by atoms with Gasteiger partial charge >= 0.3 is 0 Å². The van der Waals surface area contributed by atoms with E-state index in [0.717, 1.165) is 5.56 Å². The molecule has 0 aliphatic carbocycles. The van der Waals surface area contributed by atoms with Gasteiger partial charge in [0, 0.05) is 12.6 Å². The number of rotatable bonds is 5. The molecule has 0 amide bonds. The highest BCUT2D eigenvalue weighted by molar-refractivity contribution is 5.43. The molecule has 0 aromatic heterocycles. The Morgan fingerprint density at radius 1 is 1.27 bits per heavy atom. The molecule has 0 saturated carbocycles. The molecule has 0 unspecified atom stereocenters. The third kappa shape index (κ3) is 2.84. The van der Waals surface area contributed by atoms with Gasteiger partial charge in [0.05, 0.1) is 14.2 Å². The summed E-state index contributed by atoms with van der Waals surface area (Å²) in [6, 6.07) is 5.35. The predicted molar refractivity (Wildman–Crippen MR) is 58.2 cm³/mol. The van der Waals surface area contributed by atoms with Crippen LogP contribution in [-0.4, -0.2) is 25.9 Å². The van der Waals surface area contributed by atoms with Gasteiger partial charge in [-0.2, -0.15) is 0 Å². The van der Waals surface area contributed by atoms with Crippen molar-refractivity contribution in [3.63, 3.8) is 0 Å². The third-order valence-corrected chi connectivity index (χ3v) is 2.28. The van der Waals surface area contributed by atoms with Crippen LogP contribution in [0.3, 0.4) is 0 Å². The average Bonchev–Trinajstić information content (AvgIpc) is 2.28. The molecule has 1 rings (SSSR count). The number of aliphatic hydroxyl groups excluding tert-OH is 1. The minimum absolute atomic E-state index is 0.0789. The smallest absolute Gasteiger partial charge is 0.161 e. The van der Waals surface area contributed by atoms with E-state index in [9.17, 15) is 0 Å². The molecule has 1 aromatic carbocycles. The van der Waals surface area contributed by atoms with Crippen LogP contribution in [0.25, 0.3) is 0 Å². The number of methoxy groups -OCH3 is 2. The SMILES string of the molecule is COc1ccc([C@@H](N)CCO)cc1OC. The summed E-state index contributed by atoms with van der Waals surface area (Å²) in [4.78, 5) is 0. The average molecular weight is 211 g/mol. The van der Waals surface area contributed by atoms with Crippen molar-refractivity contribution in [3.05, 3.63) is 23.8 Å². The van der Waals surface area contributed by atoms with Crippen LogP contribution < -0.4 is 15.2 Å². The number of ether oxygens (including phenoxy) is 2. The van der Waals surface area contributed by atoms with Crippen LogP contribution in [0.2, 0.25) is 0 Å². The molecule has 0 heterocycles. The van der Waals surface area contributed by atoms with Crippen molar-refractivity contribution in [1.82, 2.24) is 0 Å². The molecule has 0 aliphatic heterocycles. The van der Waals surface area contributed by atoms with Crippen LogP contribution in [0.1, 0.15) is 18.0 Å². The lowest BCUT2D eigenvalue weighted by Gasteiger charge is -2.13. The summed E-state index contributed by atoms with van der Waals surface area (Å²) in [6.45, 7) is 0.0789. The fourth-order valence-electron chi connectivity index (χ4n) is 1.39. The van der Waals surface area contributed by atoms with Gasteiger partial charge in [0.1, 0.15) is 0 Å². The molecule has 0 saturated heterocycles. The van der Waals surface area contributed by atoms with Crippen molar-refractivity contribution in [2.75, 3.05) is 20.8 Å². The van der Waals surface area contributed by atoms with E-state index in [2.05, 4.69) is 0 Å². The van der Waals surface area contributed by atoms with Gasteiger partial charge in [-0.15, -0.1) is 0 Å². The molecular formula is C11H17NO3. The molecule has 0 aliphatic rings. The van der Waals surface area contributed by atoms with Gasteiger partial charge in [-0.05, 0) is 24.1 Å². The highest BCUT2D eigenvalue weighted by Gasteiger charge is 2.09. The van der Waals surface area contributed by atoms with Gasteiger partial charge in [0.15, 0.2) is 11.5 Å². The predicted octanol–water partition coefficient (Wildman–Crippen LogP) is 1.09. The standard InChI is InChI=1S/C11H17NO3/c1-14-10-4-3-8(7-11(10)15-2)9(12)5-6-13/h3-4,7,9,13H,5-6,12H2,1-2H3/t9-/m0/s1. The summed E-state index contributed by atoms with van der Waals surface area (Å²) < 4.78 is 10.3. The van der Waals surface area contributed by atoms with E-state index in [1.807, 2.05) is 18.2 Å². The van der Waals surface area contributed by atoms with Gasteiger partial charge in [0.25, 0.3) is 0 Å². The summed E-state index contributed by atoms with van der Waals surface area (Å²) in [6.07, 6.45) is 0.537. The number of nitrogens with two attached hydrogens (primary N) is 1. The fraction of sp³-hybridized carbons (Fsp3) is 0.455. The summed E-state index contributed by atoms with van der Waals surface area (Å²) >= 11 is 0. The van der Waals surface area contributed by atoms with Gasteiger partial charge in [-0.3, -0.25) is 0 Å². The Bertz CT molecular complexity index is 315. The molecule has 15 heavy (non-hydrogen) atoms. The second-order valence-electron chi connectivity index (χ2n) is 3.23. The van der Waals surface area contributed by atoms with E-state index in [4.69, 9.17) is 20.3 Å². The van der Waals surface area contributed by atoms with E-state index >= 15 is 0 Å². The lowest BCUT2D eigenvalue weighted by Crippen LogP contribution is -2.12. The molecule has 0 bridgehead atoms. The van der Waals surface area contributed by atoms with Crippen LogP contribution in [0.4, 0.5) is 0 Å². The first kappa shape index (κ1) is 11.8. The van der Waals surface area contributed by atoms with Crippen molar-refractivity contribution in [2.24, 2.45) is 5.73 Å². The minimum Gasteiger partial charge on any atom is -0.493 e. The summed E-state index contributed by atoms with van der Waals surface area (Å²) in [5.74, 6) is 1.33. The Balaban J connectivity index is 2.92. The molecule has 4 heteroatoms.